The van der Waals surface area contributed by atoms with Gasteiger partial charge in [0.05, 0.1) is 6.26 Å². The average Bonchev–Trinajstić information content (AvgIpc) is 2.11. The fraction of sp³-hybridized carbons (Fsp3) is 0.0909. The number of hydrogen-bond donors (Lipinski definition) is 2. The smallest absolute Gasteiger partial charge is 0.450 e. The zero-order chi connectivity index (χ0) is 12.6. The molecular formula is C11H12O5. The van der Waals surface area contributed by atoms with E-state index in [1.165, 1.54) is 18.1 Å². The normalized spacial score (nSPS) is 8.31. The number of carboxylic acid groups (broad SMARTS) is 2. The standard InChI is InChI=1S/C6H4.C4H6O2.CH2O3/c1-2-6-4-3-5(1)6;1-3-6-4(2)5;2-1(3)4/h1-4H;3H,1H2,2H3;(H2,2,3,4). The minimum atomic E-state index is -1.83. The number of benzene rings is 1. The molecule has 2 aliphatic carbocycles. The highest BCUT2D eigenvalue weighted by atomic mass is 16.6. The molecule has 0 unspecified atom stereocenters. The highest BCUT2D eigenvalue weighted by Gasteiger charge is 2.03. The molecule has 0 radical (unpaired) electrons. The molecular weight excluding hydrogens is 212 g/mol. The number of esters is 1. The summed E-state index contributed by atoms with van der Waals surface area (Å²) in [4.78, 5) is 18.3. The van der Waals surface area contributed by atoms with Crippen molar-refractivity contribution in [1.29, 1.82) is 0 Å². The second kappa shape index (κ2) is 7.05. The third-order valence-electron chi connectivity index (χ3n) is 1.47. The molecule has 0 aliphatic heterocycles. The maximum absolute atomic E-state index is 9.75. The lowest BCUT2D eigenvalue weighted by molar-refractivity contribution is -0.135. The zero-order valence-electron chi connectivity index (χ0n) is 8.71. The molecule has 2 N–H and O–H groups in total. The van der Waals surface area contributed by atoms with Crippen LogP contribution in [0, 0.1) is 0 Å². The topological polar surface area (TPSA) is 83.8 Å². The van der Waals surface area contributed by atoms with E-state index in [4.69, 9.17) is 15.0 Å². The van der Waals surface area contributed by atoms with Crippen LogP contribution in [-0.2, 0) is 9.53 Å². The van der Waals surface area contributed by atoms with Crippen molar-refractivity contribution in [3.05, 3.63) is 37.1 Å². The van der Waals surface area contributed by atoms with Gasteiger partial charge in [-0.1, -0.05) is 30.8 Å². The van der Waals surface area contributed by atoms with Gasteiger partial charge in [0.15, 0.2) is 0 Å². The Bertz CT molecular complexity index is 341. The summed E-state index contributed by atoms with van der Waals surface area (Å²) in [6, 6.07) is 8.48. The summed E-state index contributed by atoms with van der Waals surface area (Å²) in [6.07, 6.45) is -0.734. The number of fused-ring (bicyclic) bond motifs is 1. The first-order valence-corrected chi connectivity index (χ1v) is 4.27. The van der Waals surface area contributed by atoms with Crippen LogP contribution in [0.15, 0.2) is 37.1 Å². The van der Waals surface area contributed by atoms with Crippen LogP contribution in [0.4, 0.5) is 4.79 Å². The first-order valence-electron chi connectivity index (χ1n) is 4.27. The minimum Gasteiger partial charge on any atom is -0.450 e. The molecule has 0 bridgehead atoms. The van der Waals surface area contributed by atoms with Crippen molar-refractivity contribution < 1.29 is 24.5 Å². The van der Waals surface area contributed by atoms with E-state index in [1.807, 2.05) is 0 Å². The molecule has 2 rings (SSSR count). The quantitative estimate of drug-likeness (QED) is 0.574. The number of hydrogen-bond acceptors (Lipinski definition) is 3. The second-order valence-electron chi connectivity index (χ2n) is 2.64. The molecule has 0 heterocycles. The maximum Gasteiger partial charge on any atom is 0.503 e. The number of carbonyl (C=O) groups excluding carboxylic acids is 1. The van der Waals surface area contributed by atoms with Gasteiger partial charge < -0.3 is 14.9 Å². The van der Waals surface area contributed by atoms with Gasteiger partial charge in [0.1, 0.15) is 0 Å². The van der Waals surface area contributed by atoms with Crippen molar-refractivity contribution in [2.24, 2.45) is 0 Å². The van der Waals surface area contributed by atoms with E-state index in [0.717, 1.165) is 6.26 Å². The lowest BCUT2D eigenvalue weighted by Crippen LogP contribution is -1.87. The van der Waals surface area contributed by atoms with E-state index < -0.39 is 6.16 Å². The van der Waals surface area contributed by atoms with Crippen LogP contribution >= 0.6 is 0 Å². The molecule has 0 saturated carbocycles. The van der Waals surface area contributed by atoms with Crippen LogP contribution in [0.5, 0.6) is 0 Å². The predicted molar refractivity (Wildman–Crippen MR) is 58.1 cm³/mol. The number of rotatable bonds is 1. The predicted octanol–water partition coefficient (Wildman–Crippen LogP) is 2.58. The van der Waals surface area contributed by atoms with E-state index in [2.05, 4.69) is 35.6 Å². The number of ether oxygens (including phenoxy) is 1. The molecule has 5 heteroatoms. The summed E-state index contributed by atoms with van der Waals surface area (Å²) < 4.78 is 4.17. The average molecular weight is 224 g/mol. The van der Waals surface area contributed by atoms with E-state index in [9.17, 15) is 4.79 Å². The summed E-state index contributed by atoms with van der Waals surface area (Å²) in [7, 11) is 0. The Labute approximate surface area is 92.6 Å². The Hall–Kier alpha value is -2.30. The monoisotopic (exact) mass is 224 g/mol. The highest BCUT2D eigenvalue weighted by molar-refractivity contribution is 5.75. The molecule has 86 valence electrons. The van der Waals surface area contributed by atoms with Crippen molar-refractivity contribution in [3.63, 3.8) is 0 Å². The van der Waals surface area contributed by atoms with Crippen molar-refractivity contribution in [2.75, 3.05) is 0 Å². The van der Waals surface area contributed by atoms with Crippen molar-refractivity contribution >= 4 is 12.1 Å². The minimum absolute atomic E-state index is 0.329. The van der Waals surface area contributed by atoms with Gasteiger partial charge in [0.25, 0.3) is 0 Å². The first-order chi connectivity index (χ1) is 7.47. The zero-order valence-corrected chi connectivity index (χ0v) is 8.71. The molecule has 0 aromatic heterocycles. The van der Waals surface area contributed by atoms with Crippen LogP contribution in [-0.4, -0.2) is 22.3 Å². The van der Waals surface area contributed by atoms with Gasteiger partial charge in [0.2, 0.25) is 0 Å². The van der Waals surface area contributed by atoms with Crippen LogP contribution < -0.4 is 0 Å². The molecule has 0 atom stereocenters. The summed E-state index contributed by atoms with van der Waals surface area (Å²) in [5, 5.41) is 13.9. The summed E-state index contributed by atoms with van der Waals surface area (Å²) in [6.45, 7) is 4.48. The summed E-state index contributed by atoms with van der Waals surface area (Å²) in [5.41, 5.74) is 2.85. The Morgan fingerprint density at radius 2 is 1.50 bits per heavy atom. The summed E-state index contributed by atoms with van der Waals surface area (Å²) in [5.74, 6) is -0.329. The van der Waals surface area contributed by atoms with Crippen molar-refractivity contribution in [3.8, 4) is 11.1 Å². The van der Waals surface area contributed by atoms with E-state index in [-0.39, 0.29) is 5.97 Å². The fourth-order valence-corrected chi connectivity index (χ4v) is 0.780. The second-order valence-corrected chi connectivity index (χ2v) is 2.64. The van der Waals surface area contributed by atoms with E-state index in [1.54, 1.807) is 0 Å². The highest BCUT2D eigenvalue weighted by Crippen LogP contribution is 2.29. The van der Waals surface area contributed by atoms with Gasteiger partial charge >= 0.3 is 12.1 Å². The van der Waals surface area contributed by atoms with Gasteiger partial charge in [0, 0.05) is 6.92 Å². The van der Waals surface area contributed by atoms with Crippen molar-refractivity contribution in [1.82, 2.24) is 0 Å². The van der Waals surface area contributed by atoms with Gasteiger partial charge in [-0.2, -0.15) is 0 Å². The van der Waals surface area contributed by atoms with Crippen LogP contribution in [0.3, 0.4) is 0 Å². The molecule has 0 saturated heterocycles. The molecule has 0 aromatic carbocycles. The third-order valence-corrected chi connectivity index (χ3v) is 1.47. The molecule has 16 heavy (non-hydrogen) atoms. The molecule has 0 fully saturated rings. The maximum atomic E-state index is 9.75. The Morgan fingerprint density at radius 1 is 1.19 bits per heavy atom. The van der Waals surface area contributed by atoms with E-state index >= 15 is 0 Å². The van der Waals surface area contributed by atoms with Crippen LogP contribution in [0.25, 0.3) is 11.1 Å². The van der Waals surface area contributed by atoms with E-state index in [0.29, 0.717) is 0 Å². The molecule has 2 aliphatic rings. The molecule has 0 aromatic rings. The lowest BCUT2D eigenvalue weighted by Gasteiger charge is -2.10. The SMILES string of the molecule is C=COC(C)=O.O=C(O)O.c1cc2ccc1-2. The molecule has 0 spiro atoms. The fourth-order valence-electron chi connectivity index (χ4n) is 0.780. The molecule has 5 nitrogen and oxygen atoms in total. The Kier molecular flexibility index (Phi) is 6.04. The van der Waals surface area contributed by atoms with Gasteiger partial charge in [-0.25, -0.2) is 4.79 Å². The first kappa shape index (κ1) is 13.7. The summed E-state index contributed by atoms with van der Waals surface area (Å²) >= 11 is 0. The van der Waals surface area contributed by atoms with Gasteiger partial charge in [-0.15, -0.1) is 0 Å². The largest absolute Gasteiger partial charge is 0.503 e. The van der Waals surface area contributed by atoms with Crippen LogP contribution in [0.1, 0.15) is 6.92 Å². The van der Waals surface area contributed by atoms with Gasteiger partial charge in [-0.05, 0) is 11.1 Å². The van der Waals surface area contributed by atoms with Crippen LogP contribution in [0.2, 0.25) is 0 Å². The Balaban J connectivity index is 0.000000217. The van der Waals surface area contributed by atoms with Crippen molar-refractivity contribution in [2.45, 2.75) is 6.92 Å². The molecule has 0 amide bonds. The lowest BCUT2D eigenvalue weighted by atomic mass is 9.95. The number of carbonyl (C=O) groups is 2. The Morgan fingerprint density at radius 3 is 1.50 bits per heavy atom. The van der Waals surface area contributed by atoms with Gasteiger partial charge in [-0.3, -0.25) is 4.79 Å². The third kappa shape index (κ3) is 6.20.